The first-order chi connectivity index (χ1) is 14.9. The Bertz CT molecular complexity index is 1210. The molecule has 0 aliphatic heterocycles. The molecular weight excluding hydrogens is 471 g/mol. The summed E-state index contributed by atoms with van der Waals surface area (Å²) >= 11 is 15.4. The van der Waals surface area contributed by atoms with E-state index in [0.717, 1.165) is 21.4 Å². The number of thioether (sulfide) groups is 1. The minimum absolute atomic E-state index is 0.322. The second-order valence-corrected chi connectivity index (χ2v) is 9.68. The van der Waals surface area contributed by atoms with Gasteiger partial charge in [0.2, 0.25) is 0 Å². The molecule has 0 aliphatic rings. The molecule has 4 aromatic rings. The van der Waals surface area contributed by atoms with Gasteiger partial charge in [0, 0.05) is 28.8 Å². The molecule has 2 aromatic heterocycles. The van der Waals surface area contributed by atoms with Gasteiger partial charge < -0.3 is 9.30 Å². The molecule has 2 heterocycles. The lowest BCUT2D eigenvalue weighted by Crippen LogP contribution is -2.10. The van der Waals surface area contributed by atoms with Crippen molar-refractivity contribution in [3.05, 3.63) is 75.0 Å². The van der Waals surface area contributed by atoms with Gasteiger partial charge >= 0.3 is 0 Å². The van der Waals surface area contributed by atoms with Crippen LogP contribution in [0, 0.1) is 6.92 Å². The third-order valence-electron chi connectivity index (χ3n) is 4.60. The van der Waals surface area contributed by atoms with Crippen molar-refractivity contribution in [1.82, 2.24) is 19.7 Å². The lowest BCUT2D eigenvalue weighted by atomic mass is 10.1. The van der Waals surface area contributed by atoms with Crippen LogP contribution in [0.25, 0.3) is 10.6 Å². The van der Waals surface area contributed by atoms with Crippen molar-refractivity contribution in [1.29, 1.82) is 0 Å². The number of hydrogen-bond donors (Lipinski definition) is 0. The van der Waals surface area contributed by atoms with Crippen LogP contribution in [0.4, 0.5) is 0 Å². The van der Waals surface area contributed by atoms with Gasteiger partial charge in [0.25, 0.3) is 0 Å². The van der Waals surface area contributed by atoms with Crippen molar-refractivity contribution in [2.24, 2.45) is 7.05 Å². The summed E-state index contributed by atoms with van der Waals surface area (Å²) in [7, 11) is 1.93. The van der Waals surface area contributed by atoms with Crippen molar-refractivity contribution in [3.63, 3.8) is 0 Å². The molecule has 9 heteroatoms. The first-order valence-electron chi connectivity index (χ1n) is 9.56. The number of ether oxygens (including phenoxy) is 1. The molecule has 31 heavy (non-hydrogen) atoms. The van der Waals surface area contributed by atoms with Crippen LogP contribution in [0.3, 0.4) is 0 Å². The summed E-state index contributed by atoms with van der Waals surface area (Å²) in [5.41, 5.74) is 3.40. The highest BCUT2D eigenvalue weighted by atomic mass is 35.5. The van der Waals surface area contributed by atoms with Crippen LogP contribution in [0.2, 0.25) is 10.0 Å². The van der Waals surface area contributed by atoms with Gasteiger partial charge in [-0.05, 0) is 38.1 Å². The van der Waals surface area contributed by atoms with Crippen LogP contribution in [0.5, 0.6) is 5.75 Å². The van der Waals surface area contributed by atoms with E-state index in [9.17, 15) is 0 Å². The van der Waals surface area contributed by atoms with Crippen LogP contribution in [-0.4, -0.2) is 19.7 Å². The van der Waals surface area contributed by atoms with Crippen molar-refractivity contribution < 1.29 is 4.74 Å². The maximum absolute atomic E-state index is 6.22. The number of hydrogen-bond acceptors (Lipinski definition) is 6. The van der Waals surface area contributed by atoms with E-state index < -0.39 is 0 Å². The second-order valence-electron chi connectivity index (χ2n) is 7.04. The van der Waals surface area contributed by atoms with E-state index in [4.69, 9.17) is 32.9 Å². The Kier molecular flexibility index (Phi) is 6.86. The van der Waals surface area contributed by atoms with Gasteiger partial charge in [-0.15, -0.1) is 21.5 Å². The molecule has 4 rings (SSSR count). The van der Waals surface area contributed by atoms with Crippen molar-refractivity contribution in [2.75, 3.05) is 0 Å². The molecule has 0 saturated heterocycles. The fourth-order valence-electron chi connectivity index (χ4n) is 3.04. The highest BCUT2D eigenvalue weighted by Crippen LogP contribution is 2.32. The first-order valence-corrected chi connectivity index (χ1v) is 12.2. The molecule has 0 N–H and O–H groups in total. The number of thiazole rings is 1. The smallest absolute Gasteiger partial charge is 0.191 e. The van der Waals surface area contributed by atoms with Crippen LogP contribution in [0.15, 0.2) is 53.0 Å². The molecule has 160 valence electrons. The molecule has 0 bridgehead atoms. The maximum atomic E-state index is 6.22. The summed E-state index contributed by atoms with van der Waals surface area (Å²) in [6.45, 7) is 4.00. The molecule has 0 saturated carbocycles. The Morgan fingerprint density at radius 2 is 2.00 bits per heavy atom. The quantitative estimate of drug-likeness (QED) is 0.261. The Hall–Kier alpha value is -2.06. The van der Waals surface area contributed by atoms with Crippen LogP contribution in [-0.2, 0) is 12.8 Å². The largest absolute Gasteiger partial charge is 0.481 e. The third-order valence-corrected chi connectivity index (χ3v) is 7.12. The lowest BCUT2D eigenvalue weighted by molar-refractivity contribution is 0.211. The highest BCUT2D eigenvalue weighted by Gasteiger charge is 2.19. The summed E-state index contributed by atoms with van der Waals surface area (Å²) in [6.07, 6.45) is -0.322. The van der Waals surface area contributed by atoms with E-state index in [0.29, 0.717) is 27.4 Å². The monoisotopic (exact) mass is 490 g/mol. The minimum atomic E-state index is -0.322. The molecule has 0 radical (unpaired) electrons. The normalized spacial score (nSPS) is 12.2. The summed E-state index contributed by atoms with van der Waals surface area (Å²) in [5.74, 6) is 1.99. The fourth-order valence-corrected chi connectivity index (χ4v) is 5.23. The zero-order valence-corrected chi connectivity index (χ0v) is 20.3. The summed E-state index contributed by atoms with van der Waals surface area (Å²) in [6, 6.07) is 13.5. The van der Waals surface area contributed by atoms with Gasteiger partial charge in [-0.2, -0.15) is 0 Å². The van der Waals surface area contributed by atoms with Gasteiger partial charge in [0.15, 0.2) is 17.1 Å². The molecule has 1 atom stereocenters. The Labute approximate surface area is 199 Å². The van der Waals surface area contributed by atoms with Crippen LogP contribution in [0.1, 0.15) is 30.1 Å². The SMILES string of the molecule is Cc1cccc(-c2nc(CSc3nnc(C(C)Oc4ccc(Cl)cc4Cl)n3C)cs2)c1. The van der Waals surface area contributed by atoms with E-state index in [2.05, 4.69) is 46.8 Å². The number of nitrogens with zero attached hydrogens (tertiary/aromatic N) is 4. The number of aryl methyl sites for hydroxylation is 1. The zero-order chi connectivity index (χ0) is 22.0. The van der Waals surface area contributed by atoms with Gasteiger partial charge in [0.05, 0.1) is 10.7 Å². The van der Waals surface area contributed by atoms with E-state index >= 15 is 0 Å². The summed E-state index contributed by atoms with van der Waals surface area (Å²) in [5, 5.41) is 13.6. The number of halogens is 2. The highest BCUT2D eigenvalue weighted by molar-refractivity contribution is 7.98. The fraction of sp³-hybridized carbons (Fsp3) is 0.227. The van der Waals surface area contributed by atoms with E-state index in [-0.39, 0.29) is 6.10 Å². The van der Waals surface area contributed by atoms with Crippen LogP contribution < -0.4 is 4.74 Å². The summed E-state index contributed by atoms with van der Waals surface area (Å²) < 4.78 is 7.91. The Morgan fingerprint density at radius 3 is 2.77 bits per heavy atom. The Balaban J connectivity index is 1.42. The molecular formula is C22H20Cl2N4OS2. The predicted octanol–water partition coefficient (Wildman–Crippen LogP) is 6.99. The van der Waals surface area contributed by atoms with E-state index in [1.165, 1.54) is 5.56 Å². The standard InChI is InChI=1S/C22H20Cl2N4OS2/c1-13-5-4-6-15(9-13)21-25-17(11-30-21)12-31-22-27-26-20(28(22)3)14(2)29-19-8-7-16(23)10-18(19)24/h4-11,14H,12H2,1-3H3. The van der Waals surface area contributed by atoms with Gasteiger partial charge in [-0.1, -0.05) is 58.7 Å². The van der Waals surface area contributed by atoms with Crippen molar-refractivity contribution in [2.45, 2.75) is 30.9 Å². The average molecular weight is 491 g/mol. The lowest BCUT2D eigenvalue weighted by Gasteiger charge is -2.15. The van der Waals surface area contributed by atoms with Crippen molar-refractivity contribution >= 4 is 46.3 Å². The van der Waals surface area contributed by atoms with Gasteiger partial charge in [0.1, 0.15) is 10.8 Å². The number of aromatic nitrogens is 4. The maximum Gasteiger partial charge on any atom is 0.191 e. The minimum Gasteiger partial charge on any atom is -0.481 e. The van der Waals surface area contributed by atoms with E-state index in [1.807, 2.05) is 18.5 Å². The summed E-state index contributed by atoms with van der Waals surface area (Å²) in [4.78, 5) is 4.77. The number of benzene rings is 2. The Morgan fingerprint density at radius 1 is 1.16 bits per heavy atom. The number of rotatable bonds is 7. The van der Waals surface area contributed by atoms with Gasteiger partial charge in [-0.25, -0.2) is 4.98 Å². The van der Waals surface area contributed by atoms with E-state index in [1.54, 1.807) is 41.3 Å². The second kappa shape index (κ2) is 9.61. The van der Waals surface area contributed by atoms with Crippen molar-refractivity contribution in [3.8, 4) is 16.3 Å². The van der Waals surface area contributed by atoms with Crippen LogP contribution >= 0.6 is 46.3 Å². The molecule has 1 unspecified atom stereocenters. The van der Waals surface area contributed by atoms with Gasteiger partial charge in [-0.3, -0.25) is 0 Å². The molecule has 0 amide bonds. The zero-order valence-electron chi connectivity index (χ0n) is 17.2. The third kappa shape index (κ3) is 5.23. The average Bonchev–Trinajstić information content (AvgIpc) is 3.35. The topological polar surface area (TPSA) is 52.8 Å². The molecule has 0 aliphatic carbocycles. The molecule has 2 aromatic carbocycles. The molecule has 5 nitrogen and oxygen atoms in total. The first kappa shape index (κ1) is 22.1. The molecule has 0 spiro atoms. The molecule has 0 fully saturated rings. The predicted molar refractivity (Wildman–Crippen MR) is 128 cm³/mol.